The van der Waals surface area contributed by atoms with Crippen LogP contribution < -0.4 is 10.6 Å². The third-order valence-electron chi connectivity index (χ3n) is 5.15. The maximum Gasteiger partial charge on any atom is 0.324 e. The maximum atomic E-state index is 14.6. The highest BCUT2D eigenvalue weighted by molar-refractivity contribution is 7.15. The molecule has 1 atom stereocenters. The lowest BCUT2D eigenvalue weighted by atomic mass is 9.78. The molecule has 0 unspecified atom stereocenters. The van der Waals surface area contributed by atoms with Crippen LogP contribution in [-0.4, -0.2) is 10.7 Å². The summed E-state index contributed by atoms with van der Waals surface area (Å²) in [4.78, 5) is 25.0. The molecule has 0 saturated heterocycles. The number of nitro groups is 1. The van der Waals surface area contributed by atoms with Gasteiger partial charge in [0.25, 0.3) is 0 Å². The van der Waals surface area contributed by atoms with E-state index in [0.717, 1.165) is 28.4 Å². The van der Waals surface area contributed by atoms with E-state index in [0.29, 0.717) is 23.4 Å². The van der Waals surface area contributed by atoms with Crippen LogP contribution in [0.25, 0.3) is 0 Å². The van der Waals surface area contributed by atoms with E-state index in [9.17, 15) is 29.0 Å². The summed E-state index contributed by atoms with van der Waals surface area (Å²) in [7, 11) is 0. The van der Waals surface area contributed by atoms with Gasteiger partial charge >= 0.3 is 5.00 Å². The van der Waals surface area contributed by atoms with Crippen molar-refractivity contribution in [2.24, 2.45) is 5.73 Å². The molecule has 1 aromatic heterocycles. The van der Waals surface area contributed by atoms with E-state index in [4.69, 9.17) is 5.73 Å². The number of Topliss-reactive ketones (excluding diaryl/α,β-unsaturated/α-hetero) is 1. The van der Waals surface area contributed by atoms with Crippen molar-refractivity contribution in [3.05, 3.63) is 79.6 Å². The van der Waals surface area contributed by atoms with E-state index in [1.54, 1.807) is 0 Å². The molecule has 2 aliphatic rings. The number of allylic oxidation sites excluding steroid dienone is 3. The molecule has 2 heterocycles. The first-order chi connectivity index (χ1) is 14.3. The number of carbonyl (C=O) groups is 1. The summed E-state index contributed by atoms with van der Waals surface area (Å²) in [5.41, 5.74) is 6.20. The van der Waals surface area contributed by atoms with E-state index in [2.05, 4.69) is 0 Å². The Bertz CT molecular complexity index is 1170. The molecule has 0 fully saturated rings. The molecule has 1 aliphatic heterocycles. The molecule has 1 aromatic carbocycles. The normalized spacial score (nSPS) is 19.0. The molecule has 2 N–H and O–H groups in total. The van der Waals surface area contributed by atoms with Gasteiger partial charge in [0.2, 0.25) is 0 Å². The average molecular weight is 428 g/mol. The smallest absolute Gasteiger partial charge is 0.324 e. The third kappa shape index (κ3) is 2.95. The first-order valence-electron chi connectivity index (χ1n) is 8.99. The summed E-state index contributed by atoms with van der Waals surface area (Å²) in [6.45, 7) is 0. The van der Waals surface area contributed by atoms with Crippen molar-refractivity contribution in [2.75, 3.05) is 4.90 Å². The Hall–Kier alpha value is -3.58. The fourth-order valence-electron chi connectivity index (χ4n) is 3.92. The summed E-state index contributed by atoms with van der Waals surface area (Å²) in [6, 6.07) is 8.06. The van der Waals surface area contributed by atoms with Crippen LogP contribution >= 0.6 is 11.3 Å². The molecular weight excluding hydrogens is 414 g/mol. The van der Waals surface area contributed by atoms with Crippen molar-refractivity contribution in [1.82, 2.24) is 0 Å². The Morgan fingerprint density at radius 1 is 1.23 bits per heavy atom. The Labute approximate surface area is 173 Å². The molecule has 2 aromatic rings. The summed E-state index contributed by atoms with van der Waals surface area (Å²) in [5.74, 6) is -3.16. The monoisotopic (exact) mass is 428 g/mol. The topological polar surface area (TPSA) is 113 Å². The van der Waals surface area contributed by atoms with Crippen LogP contribution in [0.5, 0.6) is 0 Å². The number of carbonyl (C=O) groups excluding carboxylic acids is 1. The van der Waals surface area contributed by atoms with Gasteiger partial charge in [-0.2, -0.15) is 5.26 Å². The Morgan fingerprint density at radius 2 is 1.93 bits per heavy atom. The highest BCUT2D eigenvalue weighted by Gasteiger charge is 2.42. The van der Waals surface area contributed by atoms with Crippen LogP contribution in [0.1, 0.15) is 30.1 Å². The predicted molar refractivity (Wildman–Crippen MR) is 105 cm³/mol. The molecule has 0 amide bonds. The number of ketones is 1. The van der Waals surface area contributed by atoms with Gasteiger partial charge < -0.3 is 5.73 Å². The number of nitriles is 1. The Balaban J connectivity index is 1.99. The van der Waals surface area contributed by atoms with E-state index in [1.807, 2.05) is 6.07 Å². The predicted octanol–water partition coefficient (Wildman–Crippen LogP) is 4.24. The van der Waals surface area contributed by atoms with Gasteiger partial charge in [-0.1, -0.05) is 17.4 Å². The summed E-state index contributed by atoms with van der Waals surface area (Å²) < 4.78 is 29.2. The number of para-hydroxylation sites is 1. The van der Waals surface area contributed by atoms with Crippen LogP contribution in [0, 0.1) is 33.1 Å². The van der Waals surface area contributed by atoms with Gasteiger partial charge in [0.15, 0.2) is 5.78 Å². The zero-order valence-corrected chi connectivity index (χ0v) is 16.2. The van der Waals surface area contributed by atoms with Gasteiger partial charge in [-0.15, -0.1) is 0 Å². The van der Waals surface area contributed by atoms with Gasteiger partial charge in [-0.3, -0.25) is 19.8 Å². The molecule has 10 heteroatoms. The van der Waals surface area contributed by atoms with Crippen molar-refractivity contribution in [1.29, 1.82) is 5.26 Å². The number of benzene rings is 1. The average Bonchev–Trinajstić information content (AvgIpc) is 3.19. The number of hydrogen-bond acceptors (Lipinski definition) is 7. The van der Waals surface area contributed by atoms with Crippen molar-refractivity contribution in [3.63, 3.8) is 0 Å². The van der Waals surface area contributed by atoms with Crippen LogP contribution in [0.3, 0.4) is 0 Å². The fourth-order valence-corrected chi connectivity index (χ4v) is 4.87. The second-order valence-corrected chi connectivity index (χ2v) is 7.91. The Kier molecular flexibility index (Phi) is 4.83. The first kappa shape index (κ1) is 19.7. The van der Waals surface area contributed by atoms with Gasteiger partial charge in [-0.25, -0.2) is 8.78 Å². The molecular formula is C20H14F2N4O3S. The van der Waals surface area contributed by atoms with Gasteiger partial charge in [-0.05, 0) is 31.0 Å². The van der Waals surface area contributed by atoms with Crippen LogP contribution in [0.2, 0.25) is 0 Å². The zero-order valence-electron chi connectivity index (χ0n) is 15.4. The van der Waals surface area contributed by atoms with Crippen molar-refractivity contribution in [2.45, 2.75) is 25.2 Å². The standard InChI is InChI=1S/C20H14F2N4O3S/c21-11-3-1-4-12(22)19(11)25-13-5-2-6-14(27)18(13)17(10(9-23)20(25)24)15-7-8-16(30-15)26(28)29/h1,3-4,7-8,17H,2,5-6,24H2/t17-/m0/s1. The number of nitrogens with two attached hydrogens (primary N) is 1. The van der Waals surface area contributed by atoms with Crippen molar-refractivity contribution < 1.29 is 18.5 Å². The lowest BCUT2D eigenvalue weighted by Gasteiger charge is -2.39. The molecule has 0 spiro atoms. The number of hydrogen-bond donors (Lipinski definition) is 1. The van der Waals surface area contributed by atoms with Gasteiger partial charge in [0, 0.05) is 28.6 Å². The van der Waals surface area contributed by atoms with Crippen molar-refractivity contribution >= 4 is 27.8 Å². The molecule has 152 valence electrons. The molecule has 4 rings (SSSR count). The number of thiophene rings is 1. The van der Waals surface area contributed by atoms with Gasteiger partial charge in [0.05, 0.1) is 22.5 Å². The Morgan fingerprint density at radius 3 is 2.53 bits per heavy atom. The second kappa shape index (κ2) is 7.35. The quantitative estimate of drug-likeness (QED) is 0.578. The highest BCUT2D eigenvalue weighted by Crippen LogP contribution is 2.49. The van der Waals surface area contributed by atoms with Crippen molar-refractivity contribution in [3.8, 4) is 6.07 Å². The van der Waals surface area contributed by atoms with Crippen LogP contribution in [0.4, 0.5) is 19.5 Å². The lowest BCUT2D eigenvalue weighted by Crippen LogP contribution is -2.39. The summed E-state index contributed by atoms with van der Waals surface area (Å²) in [5, 5.41) is 20.8. The molecule has 0 saturated carbocycles. The highest BCUT2D eigenvalue weighted by atomic mass is 32.1. The molecule has 7 nitrogen and oxygen atoms in total. The number of halogens is 2. The van der Waals surface area contributed by atoms with Crippen LogP contribution in [-0.2, 0) is 4.79 Å². The van der Waals surface area contributed by atoms with Crippen LogP contribution in [0.15, 0.2) is 53.0 Å². The third-order valence-corrected chi connectivity index (χ3v) is 6.25. The van der Waals surface area contributed by atoms with Gasteiger partial charge in [0.1, 0.15) is 23.1 Å². The minimum atomic E-state index is -0.914. The van der Waals surface area contributed by atoms with E-state index in [-0.39, 0.29) is 34.2 Å². The first-order valence-corrected chi connectivity index (χ1v) is 9.81. The number of nitrogens with zero attached hydrogens (tertiary/aromatic N) is 3. The minimum Gasteiger partial charge on any atom is -0.384 e. The maximum absolute atomic E-state index is 14.6. The van der Waals surface area contributed by atoms with E-state index >= 15 is 0 Å². The molecule has 0 bridgehead atoms. The molecule has 1 aliphatic carbocycles. The summed E-state index contributed by atoms with van der Waals surface area (Å²) >= 11 is 0.837. The second-order valence-electron chi connectivity index (χ2n) is 6.82. The van der Waals surface area contributed by atoms with E-state index < -0.39 is 28.2 Å². The van der Waals surface area contributed by atoms with E-state index in [1.165, 1.54) is 18.2 Å². The summed E-state index contributed by atoms with van der Waals surface area (Å²) in [6.07, 6.45) is 0.976. The SMILES string of the molecule is N#CC1=C(N)N(c2c(F)cccc2F)C2=C(C(=O)CCC2)[C@@H]1c1ccc([N+](=O)[O-])s1. The largest absolute Gasteiger partial charge is 0.384 e. The number of rotatable bonds is 3. The number of anilines is 1. The minimum absolute atomic E-state index is 0.0802. The molecule has 30 heavy (non-hydrogen) atoms. The lowest BCUT2D eigenvalue weighted by molar-refractivity contribution is -0.380. The molecule has 0 radical (unpaired) electrons. The zero-order chi connectivity index (χ0) is 21.6. The fraction of sp³-hybridized carbons (Fsp3) is 0.200.